The fraction of sp³-hybridized carbons (Fsp3) is 0.667. The van der Waals surface area contributed by atoms with Crippen LogP contribution in [0.15, 0.2) is 18.2 Å². The average molecular weight is 396 g/mol. The molecule has 0 saturated carbocycles. The van der Waals surface area contributed by atoms with Gasteiger partial charge in [0.15, 0.2) is 11.6 Å². The van der Waals surface area contributed by atoms with E-state index in [0.717, 1.165) is 37.3 Å². The van der Waals surface area contributed by atoms with Crippen molar-refractivity contribution in [1.29, 1.82) is 0 Å². The van der Waals surface area contributed by atoms with Gasteiger partial charge in [0.1, 0.15) is 0 Å². The van der Waals surface area contributed by atoms with Crippen molar-refractivity contribution in [3.05, 3.63) is 35.4 Å². The molecule has 1 fully saturated rings. The summed E-state index contributed by atoms with van der Waals surface area (Å²) in [6, 6.07) is 2.67. The van der Waals surface area contributed by atoms with Crippen molar-refractivity contribution in [3.8, 4) is 0 Å². The molecule has 1 saturated heterocycles. The van der Waals surface area contributed by atoms with Gasteiger partial charge in [0.2, 0.25) is 0 Å². The van der Waals surface area contributed by atoms with Crippen LogP contribution in [0.25, 0.3) is 0 Å². The first-order chi connectivity index (χ1) is 11.9. The Bertz CT molecular complexity index is 552. The highest BCUT2D eigenvalue weighted by atomic mass is 35.5. The van der Waals surface area contributed by atoms with Gasteiger partial charge in [-0.25, -0.2) is 8.78 Å². The average Bonchev–Trinajstić information content (AvgIpc) is 2.89. The third-order valence-corrected chi connectivity index (χ3v) is 4.85. The van der Waals surface area contributed by atoms with Crippen molar-refractivity contribution in [2.75, 3.05) is 6.61 Å². The lowest BCUT2D eigenvalue weighted by Crippen LogP contribution is -2.44. The summed E-state index contributed by atoms with van der Waals surface area (Å²) in [6.07, 6.45) is 1.54. The number of hydrogen-bond acceptors (Lipinski definition) is 5. The molecule has 1 aliphatic heterocycles. The number of aryl methyl sites for hydroxylation is 1. The lowest BCUT2D eigenvalue weighted by Gasteiger charge is -2.22. The molecule has 0 unspecified atom stereocenters. The normalized spacial score (nSPS) is 26.5. The Morgan fingerprint density at radius 2 is 1.69 bits per heavy atom. The Morgan fingerprint density at radius 1 is 1.00 bits per heavy atom. The Labute approximate surface area is 158 Å². The van der Waals surface area contributed by atoms with Gasteiger partial charge in [-0.3, -0.25) is 0 Å². The SMILES string of the molecule is Cl.OC[C@H]1N[C@H]([C@H](O)CCCCCCc2ccc(F)c(F)c2)[C@@H](O)[C@@H]1O. The maximum absolute atomic E-state index is 13.1. The second-order valence-corrected chi connectivity index (χ2v) is 6.73. The third-order valence-electron chi connectivity index (χ3n) is 4.85. The van der Waals surface area contributed by atoms with Crippen LogP contribution in [0.2, 0.25) is 0 Å². The predicted octanol–water partition coefficient (Wildman–Crippen LogP) is 1.29. The molecule has 0 aromatic heterocycles. The molecule has 0 aliphatic carbocycles. The highest BCUT2D eigenvalue weighted by molar-refractivity contribution is 5.85. The van der Waals surface area contributed by atoms with E-state index in [0.29, 0.717) is 12.8 Å². The lowest BCUT2D eigenvalue weighted by atomic mass is 9.98. The minimum absolute atomic E-state index is 0. The molecule has 1 aromatic carbocycles. The topological polar surface area (TPSA) is 93.0 Å². The number of halogens is 3. The van der Waals surface area contributed by atoms with Gasteiger partial charge in [-0.1, -0.05) is 25.3 Å². The van der Waals surface area contributed by atoms with E-state index in [1.165, 1.54) is 6.07 Å². The zero-order chi connectivity index (χ0) is 18.4. The zero-order valence-electron chi connectivity index (χ0n) is 14.5. The molecule has 1 aliphatic rings. The maximum Gasteiger partial charge on any atom is 0.159 e. The van der Waals surface area contributed by atoms with Crippen LogP contribution < -0.4 is 5.32 Å². The summed E-state index contributed by atoms with van der Waals surface area (Å²) >= 11 is 0. The molecule has 0 amide bonds. The largest absolute Gasteiger partial charge is 0.395 e. The molecule has 5 atom stereocenters. The highest BCUT2D eigenvalue weighted by Gasteiger charge is 2.43. The van der Waals surface area contributed by atoms with E-state index in [4.69, 9.17) is 5.11 Å². The Balaban J connectivity index is 0.00000338. The summed E-state index contributed by atoms with van der Waals surface area (Å²) in [7, 11) is 0. The molecular weight excluding hydrogens is 368 g/mol. The fourth-order valence-electron chi connectivity index (χ4n) is 3.31. The number of aliphatic hydroxyl groups excluding tert-OH is 4. The third kappa shape index (κ3) is 6.11. The van der Waals surface area contributed by atoms with Crippen molar-refractivity contribution in [3.63, 3.8) is 0 Å². The molecule has 0 spiro atoms. The maximum atomic E-state index is 13.1. The van der Waals surface area contributed by atoms with Crippen LogP contribution >= 0.6 is 12.4 Å². The van der Waals surface area contributed by atoms with Gasteiger partial charge >= 0.3 is 0 Å². The second kappa shape index (κ2) is 11.1. The number of unbranched alkanes of at least 4 members (excludes halogenated alkanes) is 3. The molecule has 5 N–H and O–H groups in total. The first-order valence-electron chi connectivity index (χ1n) is 8.79. The number of hydrogen-bond donors (Lipinski definition) is 5. The molecule has 8 heteroatoms. The van der Waals surface area contributed by atoms with Crippen molar-refractivity contribution < 1.29 is 29.2 Å². The molecule has 26 heavy (non-hydrogen) atoms. The smallest absolute Gasteiger partial charge is 0.159 e. The summed E-state index contributed by atoms with van der Waals surface area (Å²) < 4.78 is 25.9. The van der Waals surface area contributed by atoms with Crippen molar-refractivity contribution in [2.45, 2.75) is 68.9 Å². The second-order valence-electron chi connectivity index (χ2n) is 6.73. The molecule has 0 radical (unpaired) electrons. The van der Waals surface area contributed by atoms with E-state index in [-0.39, 0.29) is 19.0 Å². The molecular formula is C18H28ClF2NO4. The van der Waals surface area contributed by atoms with Crippen LogP contribution in [0.4, 0.5) is 8.78 Å². The van der Waals surface area contributed by atoms with Crippen LogP contribution in [-0.4, -0.2) is 57.4 Å². The summed E-state index contributed by atoms with van der Waals surface area (Å²) in [5, 5.41) is 41.7. The van der Waals surface area contributed by atoms with Gasteiger partial charge in [-0.15, -0.1) is 12.4 Å². The van der Waals surface area contributed by atoms with Gasteiger partial charge < -0.3 is 25.7 Å². The number of benzene rings is 1. The Kier molecular flexibility index (Phi) is 9.92. The molecule has 0 bridgehead atoms. The molecule has 1 heterocycles. The number of aliphatic hydroxyl groups is 4. The number of nitrogens with one attached hydrogen (secondary N) is 1. The van der Waals surface area contributed by atoms with Crippen molar-refractivity contribution >= 4 is 12.4 Å². The van der Waals surface area contributed by atoms with Gasteiger partial charge in [0.25, 0.3) is 0 Å². The molecule has 2 rings (SSSR count). The van der Waals surface area contributed by atoms with Gasteiger partial charge in [-0.2, -0.15) is 0 Å². The van der Waals surface area contributed by atoms with Crippen LogP contribution in [0.3, 0.4) is 0 Å². The minimum atomic E-state index is -1.10. The zero-order valence-corrected chi connectivity index (χ0v) is 15.3. The molecule has 150 valence electrons. The van der Waals surface area contributed by atoms with Gasteiger partial charge in [0, 0.05) is 0 Å². The quantitative estimate of drug-likeness (QED) is 0.406. The van der Waals surface area contributed by atoms with E-state index < -0.39 is 42.0 Å². The lowest BCUT2D eigenvalue weighted by molar-refractivity contribution is -0.00443. The summed E-state index contributed by atoms with van der Waals surface area (Å²) in [4.78, 5) is 0. The minimum Gasteiger partial charge on any atom is -0.395 e. The standard InChI is InChI=1S/C18H27F2NO4.ClH/c19-12-8-7-11(9-13(12)20)5-3-1-2-4-6-15(23)16-18(25)17(24)14(10-22)21-16;/h7-9,14-18,21-25H,1-6,10H2;1H/t14-,15-,16-,17-,18-;/m1./s1. The van der Waals surface area contributed by atoms with E-state index >= 15 is 0 Å². The predicted molar refractivity (Wildman–Crippen MR) is 96.2 cm³/mol. The summed E-state index contributed by atoms with van der Waals surface area (Å²) in [5.74, 6) is -1.67. The summed E-state index contributed by atoms with van der Waals surface area (Å²) in [5.41, 5.74) is 0.765. The fourth-order valence-corrected chi connectivity index (χ4v) is 3.31. The molecule has 5 nitrogen and oxygen atoms in total. The van der Waals surface area contributed by atoms with E-state index in [1.54, 1.807) is 6.07 Å². The highest BCUT2D eigenvalue weighted by Crippen LogP contribution is 2.20. The van der Waals surface area contributed by atoms with Gasteiger partial charge in [-0.05, 0) is 37.0 Å². The van der Waals surface area contributed by atoms with E-state index in [9.17, 15) is 24.1 Å². The molecule has 1 aromatic rings. The van der Waals surface area contributed by atoms with Crippen molar-refractivity contribution in [1.82, 2.24) is 5.32 Å². The first kappa shape index (κ1) is 23.2. The van der Waals surface area contributed by atoms with Crippen LogP contribution in [0.5, 0.6) is 0 Å². The summed E-state index contributed by atoms with van der Waals surface area (Å²) in [6.45, 7) is -0.300. The Hall–Kier alpha value is -0.830. The van der Waals surface area contributed by atoms with Gasteiger partial charge in [0.05, 0.1) is 37.0 Å². The number of rotatable bonds is 9. The Morgan fingerprint density at radius 3 is 2.31 bits per heavy atom. The first-order valence-corrected chi connectivity index (χ1v) is 8.79. The van der Waals surface area contributed by atoms with Crippen LogP contribution in [-0.2, 0) is 6.42 Å². The van der Waals surface area contributed by atoms with E-state index in [2.05, 4.69) is 5.32 Å². The van der Waals surface area contributed by atoms with Crippen LogP contribution in [0.1, 0.15) is 37.7 Å². The van der Waals surface area contributed by atoms with Crippen molar-refractivity contribution in [2.24, 2.45) is 0 Å². The monoisotopic (exact) mass is 395 g/mol. The van der Waals surface area contributed by atoms with Crippen LogP contribution in [0, 0.1) is 11.6 Å². The van der Waals surface area contributed by atoms with E-state index in [1.807, 2.05) is 0 Å².